The highest BCUT2D eigenvalue weighted by atomic mass is 79.9. The minimum Gasteiger partial charge on any atom is -0.483 e. The van der Waals surface area contributed by atoms with Crippen molar-refractivity contribution in [2.75, 3.05) is 18.5 Å². The van der Waals surface area contributed by atoms with E-state index in [9.17, 15) is 9.59 Å². The van der Waals surface area contributed by atoms with Crippen LogP contribution in [0.3, 0.4) is 0 Å². The van der Waals surface area contributed by atoms with Gasteiger partial charge in [-0.1, -0.05) is 31.4 Å². The molecule has 0 bridgehead atoms. The molecule has 0 unspecified atom stereocenters. The lowest BCUT2D eigenvalue weighted by Crippen LogP contribution is -2.20. The molecular formula is C20H21BrClNO4. The first kappa shape index (κ1) is 21.3. The first-order valence-electron chi connectivity index (χ1n) is 8.64. The molecule has 0 atom stereocenters. The zero-order chi connectivity index (χ0) is 19.6. The van der Waals surface area contributed by atoms with E-state index in [4.69, 9.17) is 21.1 Å². The van der Waals surface area contributed by atoms with Crippen molar-refractivity contribution in [3.63, 3.8) is 0 Å². The third-order valence-corrected chi connectivity index (χ3v) is 4.49. The van der Waals surface area contributed by atoms with E-state index in [1.54, 1.807) is 42.5 Å². The molecule has 0 aliphatic carbocycles. The highest BCUT2D eigenvalue weighted by molar-refractivity contribution is 9.10. The summed E-state index contributed by atoms with van der Waals surface area (Å²) in [5.41, 5.74) is 1.02. The van der Waals surface area contributed by atoms with Crippen molar-refractivity contribution in [1.29, 1.82) is 0 Å². The number of carbonyl (C=O) groups is 2. The van der Waals surface area contributed by atoms with Gasteiger partial charge in [0.1, 0.15) is 5.75 Å². The van der Waals surface area contributed by atoms with Crippen LogP contribution in [0.2, 0.25) is 5.02 Å². The SMILES string of the molecule is CCCCCOC(=O)c1ccc(NC(=O)COc2ccc(Cl)cc2Br)cc1. The van der Waals surface area contributed by atoms with Gasteiger partial charge in [0.25, 0.3) is 5.91 Å². The average Bonchev–Trinajstić information content (AvgIpc) is 2.65. The summed E-state index contributed by atoms with van der Waals surface area (Å²) in [6.07, 6.45) is 2.97. The van der Waals surface area contributed by atoms with Gasteiger partial charge in [-0.05, 0) is 64.8 Å². The van der Waals surface area contributed by atoms with Gasteiger partial charge in [-0.15, -0.1) is 0 Å². The molecule has 0 aromatic heterocycles. The first-order valence-corrected chi connectivity index (χ1v) is 9.81. The molecule has 0 saturated carbocycles. The molecule has 1 amide bonds. The maximum absolute atomic E-state index is 12.0. The van der Waals surface area contributed by atoms with Crippen LogP contribution in [0, 0.1) is 0 Å². The Bertz CT molecular complexity index is 780. The van der Waals surface area contributed by atoms with Crippen LogP contribution in [0.25, 0.3) is 0 Å². The highest BCUT2D eigenvalue weighted by Crippen LogP contribution is 2.27. The molecule has 2 aromatic carbocycles. The number of halogens is 2. The van der Waals surface area contributed by atoms with Crippen LogP contribution in [0.5, 0.6) is 5.75 Å². The molecule has 7 heteroatoms. The van der Waals surface area contributed by atoms with Crippen LogP contribution >= 0.6 is 27.5 Å². The molecule has 0 saturated heterocycles. The molecule has 144 valence electrons. The van der Waals surface area contributed by atoms with Crippen LogP contribution in [-0.2, 0) is 9.53 Å². The van der Waals surface area contributed by atoms with Crippen molar-refractivity contribution >= 4 is 45.1 Å². The summed E-state index contributed by atoms with van der Waals surface area (Å²) in [6.45, 7) is 2.36. The molecule has 1 N–H and O–H groups in total. The summed E-state index contributed by atoms with van der Waals surface area (Å²) in [5, 5.41) is 3.28. The van der Waals surface area contributed by atoms with Gasteiger partial charge in [0, 0.05) is 10.7 Å². The number of hydrogen-bond acceptors (Lipinski definition) is 4. The van der Waals surface area contributed by atoms with E-state index < -0.39 is 0 Å². The predicted molar refractivity (Wildman–Crippen MR) is 110 cm³/mol. The smallest absolute Gasteiger partial charge is 0.338 e. The lowest BCUT2D eigenvalue weighted by Gasteiger charge is -2.10. The summed E-state index contributed by atoms with van der Waals surface area (Å²) >= 11 is 9.19. The molecule has 0 heterocycles. The number of esters is 1. The fraction of sp³-hybridized carbons (Fsp3) is 0.300. The Kier molecular flexibility index (Phi) is 8.61. The van der Waals surface area contributed by atoms with Crippen molar-refractivity contribution in [2.45, 2.75) is 26.2 Å². The fourth-order valence-electron chi connectivity index (χ4n) is 2.22. The Labute approximate surface area is 172 Å². The molecule has 5 nitrogen and oxygen atoms in total. The summed E-state index contributed by atoms with van der Waals surface area (Å²) in [7, 11) is 0. The van der Waals surface area contributed by atoms with Crippen molar-refractivity contribution in [2.24, 2.45) is 0 Å². The fourth-order valence-corrected chi connectivity index (χ4v) is 3.02. The van der Waals surface area contributed by atoms with Crippen LogP contribution in [0.15, 0.2) is 46.9 Å². The first-order chi connectivity index (χ1) is 13.0. The summed E-state index contributed by atoms with van der Waals surface area (Å²) in [4.78, 5) is 23.9. The van der Waals surface area contributed by atoms with E-state index in [1.165, 1.54) is 0 Å². The largest absolute Gasteiger partial charge is 0.483 e. The minimum absolute atomic E-state index is 0.151. The van der Waals surface area contributed by atoms with Crippen LogP contribution in [0.4, 0.5) is 5.69 Å². The number of nitrogens with one attached hydrogen (secondary N) is 1. The zero-order valence-corrected chi connectivity index (χ0v) is 17.3. The molecule has 0 aliphatic heterocycles. The van der Waals surface area contributed by atoms with Crippen molar-refractivity contribution < 1.29 is 19.1 Å². The number of carbonyl (C=O) groups excluding carboxylic acids is 2. The standard InChI is InChI=1S/C20H21BrClNO4/c1-2-3-4-11-26-20(25)14-5-8-16(9-6-14)23-19(24)13-27-18-10-7-15(22)12-17(18)21/h5-10,12H,2-4,11,13H2,1H3,(H,23,24). The predicted octanol–water partition coefficient (Wildman–Crippen LogP) is 5.47. The number of amides is 1. The summed E-state index contributed by atoms with van der Waals surface area (Å²) in [5.74, 6) is -0.151. The van der Waals surface area contributed by atoms with Gasteiger partial charge >= 0.3 is 5.97 Å². The second-order valence-corrected chi connectivity index (χ2v) is 7.12. The Morgan fingerprint density at radius 1 is 1.11 bits per heavy atom. The van der Waals surface area contributed by atoms with E-state index in [-0.39, 0.29) is 18.5 Å². The molecule has 0 aliphatic rings. The normalized spacial score (nSPS) is 10.3. The molecule has 0 fully saturated rings. The average molecular weight is 455 g/mol. The number of rotatable bonds is 9. The van der Waals surface area contributed by atoms with Crippen LogP contribution < -0.4 is 10.1 Å². The van der Waals surface area contributed by atoms with Gasteiger partial charge in [0.2, 0.25) is 0 Å². The Morgan fingerprint density at radius 3 is 2.52 bits per heavy atom. The molecule has 2 aromatic rings. The molecule has 2 rings (SSSR count). The maximum atomic E-state index is 12.0. The third kappa shape index (κ3) is 7.23. The highest BCUT2D eigenvalue weighted by Gasteiger charge is 2.09. The van der Waals surface area contributed by atoms with Gasteiger partial charge in [0.05, 0.1) is 16.6 Å². The summed E-state index contributed by atoms with van der Waals surface area (Å²) < 4.78 is 11.3. The molecule has 0 spiro atoms. The second kappa shape index (κ2) is 10.9. The van der Waals surface area contributed by atoms with Gasteiger partial charge in [-0.3, -0.25) is 4.79 Å². The minimum atomic E-state index is -0.361. The quantitative estimate of drug-likeness (QED) is 0.403. The van der Waals surface area contributed by atoms with E-state index in [2.05, 4.69) is 28.2 Å². The molecular weight excluding hydrogens is 434 g/mol. The van der Waals surface area contributed by atoms with Gasteiger partial charge < -0.3 is 14.8 Å². The van der Waals surface area contributed by atoms with Crippen molar-refractivity contribution in [3.8, 4) is 5.75 Å². The van der Waals surface area contributed by atoms with E-state index >= 15 is 0 Å². The number of unbranched alkanes of at least 4 members (excludes halogenated alkanes) is 2. The van der Waals surface area contributed by atoms with Gasteiger partial charge in [-0.25, -0.2) is 4.79 Å². The maximum Gasteiger partial charge on any atom is 0.338 e. The molecule has 27 heavy (non-hydrogen) atoms. The van der Waals surface area contributed by atoms with Gasteiger partial charge in [0.15, 0.2) is 6.61 Å². The van der Waals surface area contributed by atoms with Crippen LogP contribution in [-0.4, -0.2) is 25.1 Å². The number of ether oxygens (including phenoxy) is 2. The number of hydrogen-bond donors (Lipinski definition) is 1. The van der Waals surface area contributed by atoms with Crippen molar-refractivity contribution in [3.05, 3.63) is 57.5 Å². The number of anilines is 1. The summed E-state index contributed by atoms with van der Waals surface area (Å²) in [6, 6.07) is 11.6. The number of benzene rings is 2. The zero-order valence-electron chi connectivity index (χ0n) is 15.0. The lowest BCUT2D eigenvalue weighted by molar-refractivity contribution is -0.118. The van der Waals surface area contributed by atoms with E-state index in [0.717, 1.165) is 19.3 Å². The lowest BCUT2D eigenvalue weighted by atomic mass is 10.2. The third-order valence-electron chi connectivity index (χ3n) is 3.64. The van der Waals surface area contributed by atoms with Gasteiger partial charge in [-0.2, -0.15) is 0 Å². The van der Waals surface area contributed by atoms with Crippen molar-refractivity contribution in [1.82, 2.24) is 0 Å². The van der Waals surface area contributed by atoms with E-state index in [0.29, 0.717) is 33.1 Å². The van der Waals surface area contributed by atoms with Crippen LogP contribution in [0.1, 0.15) is 36.5 Å². The second-order valence-electron chi connectivity index (χ2n) is 5.83. The topological polar surface area (TPSA) is 64.6 Å². The van der Waals surface area contributed by atoms with E-state index in [1.807, 2.05) is 0 Å². The molecule has 0 radical (unpaired) electrons. The Hall–Kier alpha value is -2.05. The Morgan fingerprint density at radius 2 is 1.85 bits per heavy atom. The Balaban J connectivity index is 1.81. The monoisotopic (exact) mass is 453 g/mol.